The number of aromatic nitrogens is 1. The van der Waals surface area contributed by atoms with E-state index in [2.05, 4.69) is 4.98 Å². The average molecular weight is 324 g/mol. The fourth-order valence-corrected chi connectivity index (χ4v) is 4.11. The molecule has 2 aromatic rings. The molecule has 0 aliphatic heterocycles. The van der Waals surface area contributed by atoms with Crippen molar-refractivity contribution in [1.29, 1.82) is 0 Å². The van der Waals surface area contributed by atoms with Crippen LogP contribution in [0.25, 0.3) is 0 Å². The summed E-state index contributed by atoms with van der Waals surface area (Å²) in [6, 6.07) is 8.75. The Morgan fingerprint density at radius 3 is 2.62 bits per heavy atom. The Bertz CT molecular complexity index is 735. The van der Waals surface area contributed by atoms with Gasteiger partial charge in [0.1, 0.15) is 4.88 Å². The summed E-state index contributed by atoms with van der Waals surface area (Å²) in [5.41, 5.74) is 0.714. The van der Waals surface area contributed by atoms with Gasteiger partial charge in [-0.15, -0.1) is 0 Å². The minimum absolute atomic E-state index is 0.0368. The zero-order chi connectivity index (χ0) is 15.5. The Hall–Kier alpha value is -1.73. The summed E-state index contributed by atoms with van der Waals surface area (Å²) in [7, 11) is -3.48. The molecular formula is C14H16N2O3S2. The van der Waals surface area contributed by atoms with Gasteiger partial charge in [0.15, 0.2) is 12.3 Å². The van der Waals surface area contributed by atoms with Crippen molar-refractivity contribution in [3.05, 3.63) is 52.2 Å². The van der Waals surface area contributed by atoms with E-state index in [1.807, 2.05) is 6.07 Å². The lowest BCUT2D eigenvalue weighted by Gasteiger charge is -2.05. The van der Waals surface area contributed by atoms with Crippen molar-refractivity contribution in [2.75, 3.05) is 0 Å². The molecule has 0 saturated carbocycles. The van der Waals surface area contributed by atoms with E-state index in [1.165, 1.54) is 12.4 Å². The van der Waals surface area contributed by atoms with E-state index in [9.17, 15) is 13.6 Å². The number of hydrogen-bond acceptors (Lipinski definition) is 5. The number of hydrogen-bond donors (Lipinski definition) is 0. The molecule has 0 aliphatic carbocycles. The van der Waals surface area contributed by atoms with Gasteiger partial charge in [0.05, 0.1) is 11.9 Å². The molecule has 0 fully saturated rings. The summed E-state index contributed by atoms with van der Waals surface area (Å²) >= 11 is 1.01. The van der Waals surface area contributed by atoms with Crippen molar-refractivity contribution in [2.24, 2.45) is 0 Å². The molecule has 1 aromatic heterocycles. The Morgan fingerprint density at radius 1 is 1.33 bits per heavy atom. The van der Waals surface area contributed by atoms with Crippen LogP contribution in [0.4, 0.5) is 0 Å². The van der Waals surface area contributed by atoms with E-state index in [0.29, 0.717) is 10.4 Å². The number of thiazole rings is 1. The molecule has 0 aliphatic rings. The molecule has 1 aromatic carbocycles. The van der Waals surface area contributed by atoms with E-state index in [-0.39, 0.29) is 16.1 Å². The van der Waals surface area contributed by atoms with Crippen LogP contribution in [0.3, 0.4) is 0 Å². The van der Waals surface area contributed by atoms with Gasteiger partial charge in [-0.05, 0) is 19.4 Å². The molecule has 0 saturated heterocycles. The van der Waals surface area contributed by atoms with Crippen molar-refractivity contribution in [1.82, 2.24) is 4.98 Å². The molecule has 0 spiro atoms. The molecule has 2 rings (SSSR count). The Labute approximate surface area is 128 Å². The predicted molar refractivity (Wildman–Crippen MR) is 83.4 cm³/mol. The van der Waals surface area contributed by atoms with Gasteiger partial charge in [-0.3, -0.25) is 0 Å². The highest BCUT2D eigenvalue weighted by Gasteiger charge is 2.20. The van der Waals surface area contributed by atoms with Crippen LogP contribution in [-0.4, -0.2) is 30.4 Å². The summed E-state index contributed by atoms with van der Waals surface area (Å²) in [6.07, 6.45) is 2.78. The Balaban J connectivity index is 2.22. The number of nitrogens with zero attached hydrogens (tertiary/aromatic N) is 2. The third-order valence-electron chi connectivity index (χ3n) is 2.73. The number of benzene rings is 1. The fraction of sp³-hybridized carbons (Fsp3) is 0.286. The van der Waals surface area contributed by atoms with E-state index in [0.717, 1.165) is 16.1 Å². The van der Waals surface area contributed by atoms with Gasteiger partial charge >= 0.3 is 0 Å². The zero-order valence-corrected chi connectivity index (χ0v) is 13.4. The monoisotopic (exact) mass is 324 g/mol. The number of hydroxylamine groups is 1. The van der Waals surface area contributed by atoms with Gasteiger partial charge < -0.3 is 5.21 Å². The summed E-state index contributed by atoms with van der Waals surface area (Å²) in [5.74, 6) is -0.0912. The Kier molecular flexibility index (Phi) is 4.74. The molecule has 0 radical (unpaired) electrons. The lowest BCUT2D eigenvalue weighted by atomic mass is 10.2. The van der Waals surface area contributed by atoms with Gasteiger partial charge in [0.2, 0.25) is 14.2 Å². The van der Waals surface area contributed by atoms with Crippen LogP contribution >= 0.6 is 11.3 Å². The highest BCUT2D eigenvalue weighted by molar-refractivity contribution is 7.92. The third kappa shape index (κ3) is 4.12. The first-order valence-corrected chi connectivity index (χ1v) is 8.88. The van der Waals surface area contributed by atoms with Crippen LogP contribution in [-0.2, 0) is 15.6 Å². The van der Waals surface area contributed by atoms with Crippen LogP contribution in [0.15, 0.2) is 40.9 Å². The maximum absolute atomic E-state index is 12.3. The standard InChI is InChI=1S/C14H16N2O3S2/c1-11(2)16(17)9-13-8-15-14(20-13)21(18,19)10-12-6-4-3-5-7-12/h3-9,11H,10H2,1-2H3/b16-9-. The van der Waals surface area contributed by atoms with Crippen molar-refractivity contribution in [3.63, 3.8) is 0 Å². The predicted octanol–water partition coefficient (Wildman–Crippen LogP) is 2.45. The second kappa shape index (κ2) is 6.36. The highest BCUT2D eigenvalue weighted by Crippen LogP contribution is 2.21. The molecule has 0 N–H and O–H groups in total. The minimum Gasteiger partial charge on any atom is -0.624 e. The molecular weight excluding hydrogens is 308 g/mol. The highest BCUT2D eigenvalue weighted by atomic mass is 32.2. The first kappa shape index (κ1) is 15.7. The third-order valence-corrected chi connectivity index (χ3v) is 5.82. The molecule has 112 valence electrons. The van der Waals surface area contributed by atoms with Crippen molar-refractivity contribution >= 4 is 27.4 Å². The van der Waals surface area contributed by atoms with Gasteiger partial charge in [-0.25, -0.2) is 18.1 Å². The molecule has 0 unspecified atom stereocenters. The van der Waals surface area contributed by atoms with Crippen LogP contribution in [0.2, 0.25) is 0 Å². The van der Waals surface area contributed by atoms with Gasteiger partial charge in [0.25, 0.3) is 0 Å². The maximum atomic E-state index is 12.3. The summed E-state index contributed by atoms with van der Waals surface area (Å²) < 4.78 is 25.4. The van der Waals surface area contributed by atoms with Crippen LogP contribution in [0, 0.1) is 5.21 Å². The van der Waals surface area contributed by atoms with Crippen LogP contribution < -0.4 is 0 Å². The van der Waals surface area contributed by atoms with Gasteiger partial charge in [-0.2, -0.15) is 0 Å². The van der Waals surface area contributed by atoms with Crippen molar-refractivity contribution in [2.45, 2.75) is 30.0 Å². The largest absolute Gasteiger partial charge is 0.624 e. The number of sulfone groups is 1. The topological polar surface area (TPSA) is 73.1 Å². The van der Waals surface area contributed by atoms with E-state index >= 15 is 0 Å². The van der Waals surface area contributed by atoms with Crippen molar-refractivity contribution < 1.29 is 13.2 Å². The lowest BCUT2D eigenvalue weighted by Crippen LogP contribution is -2.14. The lowest BCUT2D eigenvalue weighted by molar-refractivity contribution is -0.486. The molecule has 0 atom stereocenters. The minimum atomic E-state index is -3.48. The first-order chi connectivity index (χ1) is 9.88. The Morgan fingerprint density at radius 2 is 2.00 bits per heavy atom. The molecule has 7 heteroatoms. The fourth-order valence-electron chi connectivity index (χ4n) is 1.60. The molecule has 0 amide bonds. The molecule has 0 bridgehead atoms. The summed E-state index contributed by atoms with van der Waals surface area (Å²) in [4.78, 5) is 4.46. The van der Waals surface area contributed by atoms with Crippen LogP contribution in [0.5, 0.6) is 0 Å². The van der Waals surface area contributed by atoms with Gasteiger partial charge in [-0.1, -0.05) is 41.7 Å². The second-order valence-corrected chi connectivity index (χ2v) is 8.08. The van der Waals surface area contributed by atoms with Crippen molar-refractivity contribution in [3.8, 4) is 0 Å². The molecule has 21 heavy (non-hydrogen) atoms. The van der Waals surface area contributed by atoms with Crippen LogP contribution in [0.1, 0.15) is 24.3 Å². The smallest absolute Gasteiger partial charge is 0.210 e. The normalized spacial score (nSPS) is 12.8. The SMILES string of the molecule is CC(C)/[N+]([O-])=C/c1cnc(S(=O)(=O)Cc2ccccc2)s1. The van der Waals surface area contributed by atoms with E-state index < -0.39 is 9.84 Å². The molecule has 1 heterocycles. The zero-order valence-electron chi connectivity index (χ0n) is 11.8. The quantitative estimate of drug-likeness (QED) is 0.366. The van der Waals surface area contributed by atoms with Gasteiger partial charge in [0, 0.05) is 0 Å². The van der Waals surface area contributed by atoms with E-state index in [4.69, 9.17) is 0 Å². The second-order valence-electron chi connectivity index (χ2n) is 4.86. The number of rotatable bonds is 5. The molecule has 5 nitrogen and oxygen atoms in total. The maximum Gasteiger partial charge on any atom is 0.210 e. The average Bonchev–Trinajstić information content (AvgIpc) is 2.88. The van der Waals surface area contributed by atoms with E-state index in [1.54, 1.807) is 38.1 Å². The summed E-state index contributed by atoms with van der Waals surface area (Å²) in [5, 5.41) is 11.6. The first-order valence-electron chi connectivity index (χ1n) is 6.41. The summed E-state index contributed by atoms with van der Waals surface area (Å²) in [6.45, 7) is 3.52.